The molecule has 1 N–H and O–H groups in total. The maximum atomic E-state index is 5.69. The van der Waals surface area contributed by atoms with Crippen LogP contribution in [0.5, 0.6) is 0 Å². The Balaban J connectivity index is 1.95. The first-order valence-corrected chi connectivity index (χ1v) is 6.97. The normalized spacial score (nSPS) is 12.8. The Hall–Kier alpha value is -1.12. The van der Waals surface area contributed by atoms with Gasteiger partial charge in [-0.3, -0.25) is 4.98 Å². The van der Waals surface area contributed by atoms with Crippen molar-refractivity contribution < 1.29 is 0 Å². The number of nitrogens with one attached hydrogen (secondary N) is 1. The Bertz CT molecular complexity index is 499. The Kier molecular flexibility index (Phi) is 4.97. The average molecular weight is 263 g/mol. The van der Waals surface area contributed by atoms with E-state index in [1.807, 2.05) is 12.1 Å². The molecule has 0 amide bonds. The van der Waals surface area contributed by atoms with Gasteiger partial charge in [-0.2, -0.15) is 0 Å². The number of rotatable bonds is 6. The molecule has 0 saturated carbocycles. The van der Waals surface area contributed by atoms with E-state index in [0.29, 0.717) is 6.04 Å². The summed E-state index contributed by atoms with van der Waals surface area (Å²) in [5.41, 5.74) is 2.15. The van der Waals surface area contributed by atoms with Crippen molar-refractivity contribution in [2.24, 2.45) is 0 Å². The van der Waals surface area contributed by atoms with Crippen molar-refractivity contribution in [1.82, 2.24) is 10.3 Å². The van der Waals surface area contributed by atoms with Crippen molar-refractivity contribution in [3.8, 4) is 0 Å². The van der Waals surface area contributed by atoms with E-state index in [1.165, 1.54) is 5.39 Å². The van der Waals surface area contributed by atoms with Crippen LogP contribution in [0.25, 0.3) is 10.9 Å². The Labute approximate surface area is 113 Å². The lowest BCUT2D eigenvalue weighted by Gasteiger charge is -2.12. The summed E-state index contributed by atoms with van der Waals surface area (Å²) in [7, 11) is 0. The van der Waals surface area contributed by atoms with Crippen LogP contribution in [0.3, 0.4) is 0 Å². The number of benzene rings is 1. The van der Waals surface area contributed by atoms with Crippen molar-refractivity contribution in [3.63, 3.8) is 0 Å². The number of fused-ring (bicyclic) bond motifs is 1. The molecule has 0 saturated heterocycles. The van der Waals surface area contributed by atoms with E-state index in [2.05, 4.69) is 41.5 Å². The lowest BCUT2D eigenvalue weighted by Crippen LogP contribution is -2.25. The molecule has 1 heterocycles. The lowest BCUT2D eigenvalue weighted by atomic mass is 10.2. The van der Waals surface area contributed by atoms with Gasteiger partial charge in [0.25, 0.3) is 0 Å². The number of hydrogen-bond donors (Lipinski definition) is 1. The minimum absolute atomic E-state index is 0.483. The molecule has 0 aliphatic heterocycles. The molecule has 1 aromatic heterocycles. The van der Waals surface area contributed by atoms with Crippen LogP contribution in [0, 0.1) is 0 Å². The topological polar surface area (TPSA) is 24.9 Å². The van der Waals surface area contributed by atoms with Crippen LogP contribution in [0.4, 0.5) is 0 Å². The third-order valence-electron chi connectivity index (χ3n) is 3.06. The molecule has 96 valence electrons. The van der Waals surface area contributed by atoms with Crippen molar-refractivity contribution in [3.05, 3.63) is 42.1 Å². The van der Waals surface area contributed by atoms with E-state index in [-0.39, 0.29) is 0 Å². The summed E-state index contributed by atoms with van der Waals surface area (Å²) in [5, 5.41) is 4.67. The summed E-state index contributed by atoms with van der Waals surface area (Å²) >= 11 is 5.69. The Morgan fingerprint density at radius 3 is 2.89 bits per heavy atom. The number of halogens is 1. The van der Waals surface area contributed by atoms with Crippen LogP contribution in [0.15, 0.2) is 36.4 Å². The molecule has 0 aliphatic rings. The third kappa shape index (κ3) is 3.69. The largest absolute Gasteiger partial charge is 0.309 e. The first-order chi connectivity index (χ1) is 8.79. The molecule has 2 aromatic rings. The molecule has 3 heteroatoms. The van der Waals surface area contributed by atoms with Crippen LogP contribution < -0.4 is 5.32 Å². The van der Waals surface area contributed by atoms with E-state index in [1.54, 1.807) is 0 Å². The van der Waals surface area contributed by atoms with Gasteiger partial charge in [0.1, 0.15) is 0 Å². The van der Waals surface area contributed by atoms with Crippen molar-refractivity contribution >= 4 is 22.5 Å². The second-order valence-corrected chi connectivity index (χ2v) is 4.99. The fraction of sp³-hybridized carbons (Fsp3) is 0.400. The summed E-state index contributed by atoms with van der Waals surface area (Å²) < 4.78 is 0. The molecular formula is C15H19ClN2. The summed E-state index contributed by atoms with van der Waals surface area (Å²) in [5.74, 6) is 0.736. The van der Waals surface area contributed by atoms with Gasteiger partial charge in [0, 0.05) is 23.9 Å². The number of hydrogen-bond acceptors (Lipinski definition) is 2. The van der Waals surface area contributed by atoms with Gasteiger partial charge in [-0.1, -0.05) is 24.3 Å². The zero-order valence-corrected chi connectivity index (χ0v) is 11.5. The third-order valence-corrected chi connectivity index (χ3v) is 3.33. The van der Waals surface area contributed by atoms with Crippen LogP contribution in [0.2, 0.25) is 0 Å². The fourth-order valence-corrected chi connectivity index (χ4v) is 2.13. The number of nitrogens with zero attached hydrogens (tertiary/aromatic N) is 1. The average Bonchev–Trinajstić information content (AvgIpc) is 2.42. The molecule has 2 nitrogen and oxygen atoms in total. The maximum absolute atomic E-state index is 5.69. The lowest BCUT2D eigenvalue weighted by molar-refractivity contribution is 0.506. The second-order valence-electron chi connectivity index (χ2n) is 4.61. The standard InChI is InChI=1S/C15H19ClN2/c1-12(5-4-10-16)17-11-14-9-8-13-6-2-3-7-15(13)18-14/h2-3,6-9,12,17H,4-5,10-11H2,1H3. The van der Waals surface area contributed by atoms with Crippen molar-refractivity contribution in [1.29, 1.82) is 0 Å². The van der Waals surface area contributed by atoms with Crippen LogP contribution >= 0.6 is 11.6 Å². The monoisotopic (exact) mass is 262 g/mol. The second kappa shape index (κ2) is 6.72. The molecule has 0 aliphatic carbocycles. The number of aromatic nitrogens is 1. The zero-order chi connectivity index (χ0) is 12.8. The fourth-order valence-electron chi connectivity index (χ4n) is 1.97. The van der Waals surface area contributed by atoms with E-state index < -0.39 is 0 Å². The molecule has 0 spiro atoms. The van der Waals surface area contributed by atoms with E-state index in [4.69, 9.17) is 11.6 Å². The van der Waals surface area contributed by atoms with Gasteiger partial charge in [-0.05, 0) is 31.9 Å². The summed E-state index contributed by atoms with van der Waals surface area (Å²) in [4.78, 5) is 4.64. The highest BCUT2D eigenvalue weighted by atomic mass is 35.5. The predicted molar refractivity (Wildman–Crippen MR) is 78.0 cm³/mol. The molecule has 1 aromatic carbocycles. The number of pyridine rings is 1. The highest BCUT2D eigenvalue weighted by Gasteiger charge is 2.02. The van der Waals surface area contributed by atoms with Crippen molar-refractivity contribution in [2.45, 2.75) is 32.4 Å². The molecule has 18 heavy (non-hydrogen) atoms. The van der Waals surface area contributed by atoms with Gasteiger partial charge in [-0.15, -0.1) is 11.6 Å². The minimum atomic E-state index is 0.483. The zero-order valence-electron chi connectivity index (χ0n) is 10.7. The highest BCUT2D eigenvalue weighted by Crippen LogP contribution is 2.11. The molecule has 0 bridgehead atoms. The van der Waals surface area contributed by atoms with Crippen LogP contribution in [-0.2, 0) is 6.54 Å². The van der Waals surface area contributed by atoms with Crippen LogP contribution in [0.1, 0.15) is 25.5 Å². The van der Waals surface area contributed by atoms with E-state index >= 15 is 0 Å². The molecule has 1 unspecified atom stereocenters. The molecule has 0 radical (unpaired) electrons. The van der Waals surface area contributed by atoms with Gasteiger partial charge in [0.05, 0.1) is 11.2 Å². The van der Waals surface area contributed by atoms with Gasteiger partial charge in [0.2, 0.25) is 0 Å². The first-order valence-electron chi connectivity index (χ1n) is 6.43. The Morgan fingerprint density at radius 1 is 1.22 bits per heavy atom. The molecule has 0 fully saturated rings. The number of alkyl halides is 1. The summed E-state index contributed by atoms with van der Waals surface area (Å²) in [6.07, 6.45) is 2.16. The summed E-state index contributed by atoms with van der Waals surface area (Å²) in [6, 6.07) is 12.9. The predicted octanol–water partition coefficient (Wildman–Crippen LogP) is 3.73. The smallest absolute Gasteiger partial charge is 0.0705 e. The first kappa shape index (κ1) is 13.3. The van der Waals surface area contributed by atoms with Gasteiger partial charge >= 0.3 is 0 Å². The van der Waals surface area contributed by atoms with Crippen LogP contribution in [-0.4, -0.2) is 16.9 Å². The van der Waals surface area contributed by atoms with Gasteiger partial charge < -0.3 is 5.32 Å². The van der Waals surface area contributed by atoms with E-state index in [9.17, 15) is 0 Å². The minimum Gasteiger partial charge on any atom is -0.309 e. The van der Waals surface area contributed by atoms with E-state index in [0.717, 1.165) is 36.5 Å². The quantitative estimate of drug-likeness (QED) is 0.803. The molecular weight excluding hydrogens is 244 g/mol. The molecule has 1 atom stereocenters. The number of para-hydroxylation sites is 1. The Morgan fingerprint density at radius 2 is 2.06 bits per heavy atom. The van der Waals surface area contributed by atoms with Crippen molar-refractivity contribution in [2.75, 3.05) is 5.88 Å². The van der Waals surface area contributed by atoms with Gasteiger partial charge in [-0.25, -0.2) is 0 Å². The molecule has 2 rings (SSSR count). The maximum Gasteiger partial charge on any atom is 0.0705 e. The highest BCUT2D eigenvalue weighted by molar-refractivity contribution is 6.17. The van der Waals surface area contributed by atoms with Gasteiger partial charge in [0.15, 0.2) is 0 Å². The summed E-state index contributed by atoms with van der Waals surface area (Å²) in [6.45, 7) is 3.00. The SMILES string of the molecule is CC(CCCCl)NCc1ccc2ccccc2n1.